The second-order valence-electron chi connectivity index (χ2n) is 4.01. The van der Waals surface area contributed by atoms with Gasteiger partial charge in [-0.15, -0.1) is 0 Å². The molecular weight excluding hydrogens is 222 g/mol. The first-order chi connectivity index (χ1) is 8.21. The van der Waals surface area contributed by atoms with Gasteiger partial charge in [0.25, 0.3) is 0 Å². The molecule has 1 N–H and O–H groups in total. The molecule has 0 aromatic heterocycles. The Labute approximate surface area is 102 Å². The van der Waals surface area contributed by atoms with E-state index in [4.69, 9.17) is 14.6 Å². The molecule has 98 valence electrons. The van der Waals surface area contributed by atoms with Crippen LogP contribution in [0.3, 0.4) is 0 Å². The zero-order valence-corrected chi connectivity index (χ0v) is 10.5. The maximum Gasteiger partial charge on any atom is 0.333 e. The molecule has 5 heteroatoms. The van der Waals surface area contributed by atoms with Crippen molar-refractivity contribution in [2.45, 2.75) is 19.4 Å². The Balaban J connectivity index is 2.47. The van der Waals surface area contributed by atoms with Gasteiger partial charge in [-0.25, -0.2) is 4.79 Å². The highest BCUT2D eigenvalue weighted by atomic mass is 16.5. The zero-order valence-electron chi connectivity index (χ0n) is 10.5. The van der Waals surface area contributed by atoms with Gasteiger partial charge in [-0.05, 0) is 6.42 Å². The topological polar surface area (TPSA) is 59.0 Å². The number of aliphatic hydroxyl groups excluding tert-OH is 1. The van der Waals surface area contributed by atoms with Crippen LogP contribution in [0.4, 0.5) is 0 Å². The molecule has 1 rings (SSSR count). The Kier molecular flexibility index (Phi) is 6.18. The van der Waals surface area contributed by atoms with Crippen molar-refractivity contribution in [3.63, 3.8) is 0 Å². The Morgan fingerprint density at radius 2 is 2.41 bits per heavy atom. The molecule has 0 spiro atoms. The quantitative estimate of drug-likeness (QED) is 0.552. The van der Waals surface area contributed by atoms with Gasteiger partial charge in [0.2, 0.25) is 0 Å². The number of nitrogens with zero attached hydrogens (tertiary/aromatic N) is 1. The van der Waals surface area contributed by atoms with Gasteiger partial charge < -0.3 is 14.6 Å². The molecule has 1 saturated heterocycles. The average molecular weight is 243 g/mol. The van der Waals surface area contributed by atoms with Crippen LogP contribution < -0.4 is 0 Å². The summed E-state index contributed by atoms with van der Waals surface area (Å²) in [7, 11) is 1.39. The number of hydrogen-bond acceptors (Lipinski definition) is 5. The summed E-state index contributed by atoms with van der Waals surface area (Å²) in [6, 6.07) is 0. The van der Waals surface area contributed by atoms with E-state index in [0.717, 1.165) is 6.54 Å². The van der Waals surface area contributed by atoms with Crippen molar-refractivity contribution in [1.29, 1.82) is 0 Å². The van der Waals surface area contributed by atoms with E-state index in [1.165, 1.54) is 7.11 Å². The van der Waals surface area contributed by atoms with Crippen molar-refractivity contribution in [3.8, 4) is 0 Å². The fourth-order valence-electron chi connectivity index (χ4n) is 1.80. The van der Waals surface area contributed by atoms with Crippen molar-refractivity contribution in [2.24, 2.45) is 0 Å². The van der Waals surface area contributed by atoms with Gasteiger partial charge in [0.15, 0.2) is 0 Å². The van der Waals surface area contributed by atoms with Crippen LogP contribution in [-0.2, 0) is 14.3 Å². The standard InChI is InChI=1S/C12H21NO4/c1-3-10(12(15)16-2)4-5-13-6-7-17-11(8-13)9-14/h4,11,14H,3,5-9H2,1-2H3. The van der Waals surface area contributed by atoms with Crippen molar-refractivity contribution < 1.29 is 19.4 Å². The number of ether oxygens (including phenoxy) is 2. The number of methoxy groups -OCH3 is 1. The molecule has 1 aliphatic rings. The first kappa shape index (κ1) is 14.2. The first-order valence-corrected chi connectivity index (χ1v) is 5.93. The SMILES string of the molecule is CCC(=CCN1CCOC(CO)C1)C(=O)OC. The van der Waals surface area contributed by atoms with Crippen LogP contribution >= 0.6 is 0 Å². The van der Waals surface area contributed by atoms with Gasteiger partial charge in [-0.2, -0.15) is 0 Å². The maximum atomic E-state index is 11.4. The predicted octanol–water partition coefficient (Wildman–Crippen LogP) is 0.189. The fourth-order valence-corrected chi connectivity index (χ4v) is 1.80. The number of morpholine rings is 1. The van der Waals surface area contributed by atoms with Gasteiger partial charge >= 0.3 is 5.97 Å². The molecule has 1 atom stereocenters. The van der Waals surface area contributed by atoms with Crippen molar-refractivity contribution in [2.75, 3.05) is 40.0 Å². The van der Waals surface area contributed by atoms with Gasteiger partial charge in [0, 0.05) is 25.2 Å². The van der Waals surface area contributed by atoms with Crippen LogP contribution in [0.1, 0.15) is 13.3 Å². The molecule has 0 saturated carbocycles. The molecule has 1 unspecified atom stereocenters. The third-order valence-corrected chi connectivity index (χ3v) is 2.85. The summed E-state index contributed by atoms with van der Waals surface area (Å²) >= 11 is 0. The van der Waals surface area contributed by atoms with Crippen molar-refractivity contribution >= 4 is 5.97 Å². The summed E-state index contributed by atoms with van der Waals surface area (Å²) in [5, 5.41) is 9.02. The number of rotatable bonds is 5. The molecule has 0 radical (unpaired) electrons. The van der Waals surface area contributed by atoms with Crippen molar-refractivity contribution in [3.05, 3.63) is 11.6 Å². The van der Waals surface area contributed by atoms with Crippen LogP contribution in [-0.4, -0.2) is 62.0 Å². The van der Waals surface area contributed by atoms with E-state index >= 15 is 0 Å². The fraction of sp³-hybridized carbons (Fsp3) is 0.750. The second-order valence-corrected chi connectivity index (χ2v) is 4.01. The van der Waals surface area contributed by atoms with Gasteiger partial charge in [-0.1, -0.05) is 13.0 Å². The van der Waals surface area contributed by atoms with Crippen LogP contribution in [0, 0.1) is 0 Å². The van der Waals surface area contributed by atoms with E-state index in [1.807, 2.05) is 13.0 Å². The smallest absolute Gasteiger partial charge is 0.333 e. The largest absolute Gasteiger partial charge is 0.466 e. The summed E-state index contributed by atoms with van der Waals surface area (Å²) in [6.45, 7) is 4.81. The van der Waals surface area contributed by atoms with E-state index in [9.17, 15) is 4.79 Å². The highest BCUT2D eigenvalue weighted by Crippen LogP contribution is 2.07. The Morgan fingerprint density at radius 3 is 3.00 bits per heavy atom. The number of aliphatic hydroxyl groups is 1. The molecule has 1 heterocycles. The molecule has 1 fully saturated rings. The van der Waals surface area contributed by atoms with E-state index in [2.05, 4.69) is 4.90 Å². The van der Waals surface area contributed by atoms with Crippen LogP contribution in [0.2, 0.25) is 0 Å². The minimum Gasteiger partial charge on any atom is -0.466 e. The summed E-state index contributed by atoms with van der Waals surface area (Å²) in [5.74, 6) is -0.264. The lowest BCUT2D eigenvalue weighted by Gasteiger charge is -2.31. The maximum absolute atomic E-state index is 11.4. The molecule has 0 aliphatic carbocycles. The molecule has 0 amide bonds. The molecular formula is C12H21NO4. The molecule has 1 aliphatic heterocycles. The highest BCUT2D eigenvalue weighted by Gasteiger charge is 2.19. The third-order valence-electron chi connectivity index (χ3n) is 2.85. The lowest BCUT2D eigenvalue weighted by Crippen LogP contribution is -2.44. The molecule has 5 nitrogen and oxygen atoms in total. The Bertz CT molecular complexity index is 278. The number of carbonyl (C=O) groups excluding carboxylic acids is 1. The molecule has 17 heavy (non-hydrogen) atoms. The normalized spacial score (nSPS) is 22.5. The van der Waals surface area contributed by atoms with Gasteiger partial charge in [0.05, 0.1) is 26.4 Å². The summed E-state index contributed by atoms with van der Waals surface area (Å²) in [5.41, 5.74) is 0.694. The van der Waals surface area contributed by atoms with Gasteiger partial charge in [-0.3, -0.25) is 4.90 Å². The van der Waals surface area contributed by atoms with E-state index in [-0.39, 0.29) is 18.7 Å². The minimum atomic E-state index is -0.264. The predicted molar refractivity (Wildman–Crippen MR) is 63.7 cm³/mol. The lowest BCUT2D eigenvalue weighted by molar-refractivity contribution is -0.136. The second kappa shape index (κ2) is 7.42. The zero-order chi connectivity index (χ0) is 12.7. The van der Waals surface area contributed by atoms with Crippen LogP contribution in [0.15, 0.2) is 11.6 Å². The van der Waals surface area contributed by atoms with Crippen molar-refractivity contribution in [1.82, 2.24) is 4.90 Å². The number of esters is 1. The van der Waals surface area contributed by atoms with E-state index in [0.29, 0.717) is 31.7 Å². The van der Waals surface area contributed by atoms with Crippen LogP contribution in [0.5, 0.6) is 0 Å². The summed E-state index contributed by atoms with van der Waals surface area (Å²) in [6.07, 6.45) is 2.45. The Morgan fingerprint density at radius 1 is 1.65 bits per heavy atom. The van der Waals surface area contributed by atoms with E-state index in [1.54, 1.807) is 0 Å². The highest BCUT2D eigenvalue weighted by molar-refractivity contribution is 5.88. The van der Waals surface area contributed by atoms with Crippen LogP contribution in [0.25, 0.3) is 0 Å². The first-order valence-electron chi connectivity index (χ1n) is 5.93. The minimum absolute atomic E-state index is 0.0395. The number of hydrogen-bond donors (Lipinski definition) is 1. The summed E-state index contributed by atoms with van der Waals surface area (Å²) < 4.78 is 10.1. The third kappa shape index (κ3) is 4.46. The summed E-state index contributed by atoms with van der Waals surface area (Å²) in [4.78, 5) is 13.5. The Hall–Kier alpha value is -0.910. The monoisotopic (exact) mass is 243 g/mol. The van der Waals surface area contributed by atoms with E-state index < -0.39 is 0 Å². The average Bonchev–Trinajstić information content (AvgIpc) is 2.39. The molecule has 0 aromatic rings. The number of carbonyl (C=O) groups is 1. The molecule has 0 aromatic carbocycles. The lowest BCUT2D eigenvalue weighted by atomic mass is 10.2. The molecule has 0 bridgehead atoms. The van der Waals surface area contributed by atoms with Gasteiger partial charge in [0.1, 0.15) is 0 Å².